The van der Waals surface area contributed by atoms with Gasteiger partial charge in [-0.15, -0.1) is 11.3 Å². The van der Waals surface area contributed by atoms with E-state index in [1.54, 1.807) is 23.6 Å². The number of hydrogen-bond acceptors (Lipinski definition) is 3. The lowest BCUT2D eigenvalue weighted by Crippen LogP contribution is -2.24. The molecule has 0 saturated heterocycles. The molecule has 2 aromatic rings. The zero-order valence-corrected chi connectivity index (χ0v) is 12.3. The molecule has 102 valence electrons. The molecule has 1 atom stereocenters. The van der Waals surface area contributed by atoms with E-state index in [0.29, 0.717) is 0 Å². The number of nitrogens with one attached hydrogen (secondary N) is 1. The van der Waals surface area contributed by atoms with E-state index >= 15 is 0 Å². The van der Waals surface area contributed by atoms with Gasteiger partial charge in [-0.05, 0) is 30.7 Å². The van der Waals surface area contributed by atoms with E-state index < -0.39 is 0 Å². The van der Waals surface area contributed by atoms with Crippen molar-refractivity contribution >= 4 is 22.9 Å². The summed E-state index contributed by atoms with van der Waals surface area (Å²) in [5, 5.41) is 6.59. The Labute approximate surface area is 121 Å². The van der Waals surface area contributed by atoms with E-state index in [1.807, 2.05) is 11.4 Å². The number of aromatic nitrogens is 1. The van der Waals surface area contributed by atoms with Gasteiger partial charge in [0.15, 0.2) is 0 Å². The maximum Gasteiger partial charge on any atom is 0.142 e. The van der Waals surface area contributed by atoms with Gasteiger partial charge in [-0.3, -0.25) is 0 Å². The van der Waals surface area contributed by atoms with Gasteiger partial charge in [0.05, 0.1) is 10.0 Å². The third-order valence-electron chi connectivity index (χ3n) is 2.85. The molecule has 1 heterocycles. The Morgan fingerprint density at radius 2 is 2.32 bits per heavy atom. The summed E-state index contributed by atoms with van der Waals surface area (Å²) in [6.45, 7) is 3.00. The van der Waals surface area contributed by atoms with Crippen molar-refractivity contribution in [2.45, 2.75) is 25.8 Å². The lowest BCUT2D eigenvalue weighted by molar-refractivity contribution is 0.523. The molecule has 0 spiro atoms. The van der Waals surface area contributed by atoms with E-state index in [2.05, 4.69) is 17.2 Å². The first-order valence-corrected chi connectivity index (χ1v) is 7.53. The second-order valence-electron chi connectivity index (χ2n) is 4.31. The van der Waals surface area contributed by atoms with Crippen LogP contribution in [-0.4, -0.2) is 11.5 Å². The molecule has 2 nitrogen and oxygen atoms in total. The van der Waals surface area contributed by atoms with Gasteiger partial charge in [-0.25, -0.2) is 9.37 Å². The molecule has 0 fully saturated rings. The molecule has 5 heteroatoms. The zero-order valence-electron chi connectivity index (χ0n) is 10.7. The van der Waals surface area contributed by atoms with E-state index in [9.17, 15) is 4.39 Å². The summed E-state index contributed by atoms with van der Waals surface area (Å²) in [6.07, 6.45) is 3.59. The highest BCUT2D eigenvalue weighted by molar-refractivity contribution is 7.09. The summed E-state index contributed by atoms with van der Waals surface area (Å²) < 4.78 is 13.6. The van der Waals surface area contributed by atoms with Crippen LogP contribution in [-0.2, 0) is 6.42 Å². The summed E-state index contributed by atoms with van der Waals surface area (Å²) in [4.78, 5) is 4.29. The van der Waals surface area contributed by atoms with Gasteiger partial charge in [-0.2, -0.15) is 0 Å². The molecule has 0 aliphatic carbocycles. The predicted molar refractivity (Wildman–Crippen MR) is 78.3 cm³/mol. The standard InChI is InChI=1S/C14H16ClFN2S/c1-2-5-17-13(9-14-18-6-7-19-14)10-3-4-11(15)12(16)8-10/h3-4,6-8,13,17H,2,5,9H2,1H3. The second-order valence-corrected chi connectivity index (χ2v) is 5.70. The number of thiazole rings is 1. The molecule has 1 N–H and O–H groups in total. The van der Waals surface area contributed by atoms with Crippen molar-refractivity contribution in [1.29, 1.82) is 0 Å². The van der Waals surface area contributed by atoms with Crippen LogP contribution in [0.4, 0.5) is 4.39 Å². The van der Waals surface area contributed by atoms with Crippen LogP contribution in [0, 0.1) is 5.82 Å². The fourth-order valence-corrected chi connectivity index (χ4v) is 2.66. The van der Waals surface area contributed by atoms with Crippen molar-refractivity contribution in [3.63, 3.8) is 0 Å². The molecule has 1 aromatic carbocycles. The van der Waals surface area contributed by atoms with Gasteiger partial charge < -0.3 is 5.32 Å². The molecule has 1 unspecified atom stereocenters. The van der Waals surface area contributed by atoms with E-state index in [-0.39, 0.29) is 16.9 Å². The van der Waals surface area contributed by atoms with Crippen LogP contribution in [0.3, 0.4) is 0 Å². The Bertz CT molecular complexity index is 516. The van der Waals surface area contributed by atoms with Crippen LogP contribution in [0.5, 0.6) is 0 Å². The molecule has 0 saturated carbocycles. The SMILES string of the molecule is CCCNC(Cc1nccs1)c1ccc(Cl)c(F)c1. The first-order chi connectivity index (χ1) is 9.20. The van der Waals surface area contributed by atoms with Crippen LogP contribution >= 0.6 is 22.9 Å². The highest BCUT2D eigenvalue weighted by atomic mass is 35.5. The molecule has 2 rings (SSSR count). The molecule has 0 aliphatic heterocycles. The van der Waals surface area contributed by atoms with Crippen molar-refractivity contribution in [2.75, 3.05) is 6.54 Å². The van der Waals surface area contributed by atoms with Gasteiger partial charge in [0, 0.05) is 24.0 Å². The second kappa shape index (κ2) is 6.98. The molecular formula is C14H16ClFN2S. The average molecular weight is 299 g/mol. The van der Waals surface area contributed by atoms with Gasteiger partial charge >= 0.3 is 0 Å². The lowest BCUT2D eigenvalue weighted by Gasteiger charge is -2.18. The number of nitrogens with zero attached hydrogens (tertiary/aromatic N) is 1. The average Bonchev–Trinajstić information content (AvgIpc) is 2.91. The van der Waals surface area contributed by atoms with Crippen LogP contribution in [0.25, 0.3) is 0 Å². The fourth-order valence-electron chi connectivity index (χ4n) is 1.88. The summed E-state index contributed by atoms with van der Waals surface area (Å²) in [7, 11) is 0. The first-order valence-electron chi connectivity index (χ1n) is 6.27. The normalized spacial score (nSPS) is 12.6. The van der Waals surface area contributed by atoms with Crippen LogP contribution < -0.4 is 5.32 Å². The smallest absolute Gasteiger partial charge is 0.142 e. The first kappa shape index (κ1) is 14.4. The quantitative estimate of drug-likeness (QED) is 0.864. The van der Waals surface area contributed by atoms with Gasteiger partial charge in [0.2, 0.25) is 0 Å². The van der Waals surface area contributed by atoms with Crippen LogP contribution in [0.1, 0.15) is 30.0 Å². The summed E-state index contributed by atoms with van der Waals surface area (Å²) >= 11 is 7.34. The Morgan fingerprint density at radius 1 is 1.47 bits per heavy atom. The molecule has 0 radical (unpaired) electrons. The minimum atomic E-state index is -0.374. The predicted octanol–water partition coefficient (Wildman–Crippen LogP) is 4.22. The third kappa shape index (κ3) is 4.00. The summed E-state index contributed by atoms with van der Waals surface area (Å²) in [5.74, 6) is -0.374. The maximum atomic E-state index is 13.6. The summed E-state index contributed by atoms with van der Waals surface area (Å²) in [5.41, 5.74) is 0.908. The number of halogens is 2. The van der Waals surface area contributed by atoms with Gasteiger partial charge in [-0.1, -0.05) is 24.6 Å². The number of rotatable bonds is 6. The molecule has 19 heavy (non-hydrogen) atoms. The van der Waals surface area contributed by atoms with Gasteiger partial charge in [0.25, 0.3) is 0 Å². The number of hydrogen-bond donors (Lipinski definition) is 1. The summed E-state index contributed by atoms with van der Waals surface area (Å²) in [6, 6.07) is 5.04. The molecule has 0 bridgehead atoms. The minimum absolute atomic E-state index is 0.0675. The highest BCUT2D eigenvalue weighted by Crippen LogP contribution is 2.23. The van der Waals surface area contributed by atoms with Crippen molar-refractivity contribution < 1.29 is 4.39 Å². The van der Waals surface area contributed by atoms with E-state index in [0.717, 1.165) is 30.0 Å². The Morgan fingerprint density at radius 3 is 2.95 bits per heavy atom. The Balaban J connectivity index is 2.18. The lowest BCUT2D eigenvalue weighted by atomic mass is 10.0. The Hall–Kier alpha value is -0.970. The minimum Gasteiger partial charge on any atom is -0.310 e. The number of benzene rings is 1. The van der Waals surface area contributed by atoms with E-state index in [1.165, 1.54) is 6.07 Å². The van der Waals surface area contributed by atoms with Crippen LogP contribution in [0.2, 0.25) is 5.02 Å². The fraction of sp³-hybridized carbons (Fsp3) is 0.357. The van der Waals surface area contributed by atoms with Crippen molar-refractivity contribution in [3.05, 3.63) is 51.2 Å². The largest absolute Gasteiger partial charge is 0.310 e. The molecule has 1 aromatic heterocycles. The van der Waals surface area contributed by atoms with E-state index in [4.69, 9.17) is 11.6 Å². The Kier molecular flexibility index (Phi) is 5.31. The molecular weight excluding hydrogens is 283 g/mol. The van der Waals surface area contributed by atoms with Crippen molar-refractivity contribution in [3.8, 4) is 0 Å². The third-order valence-corrected chi connectivity index (χ3v) is 3.96. The zero-order chi connectivity index (χ0) is 13.7. The van der Waals surface area contributed by atoms with Crippen molar-refractivity contribution in [2.24, 2.45) is 0 Å². The van der Waals surface area contributed by atoms with Crippen molar-refractivity contribution in [1.82, 2.24) is 10.3 Å². The highest BCUT2D eigenvalue weighted by Gasteiger charge is 2.14. The maximum absolute atomic E-state index is 13.6. The van der Waals surface area contributed by atoms with Gasteiger partial charge in [0.1, 0.15) is 5.82 Å². The van der Waals surface area contributed by atoms with Crippen LogP contribution in [0.15, 0.2) is 29.8 Å². The molecule has 0 aliphatic rings. The monoisotopic (exact) mass is 298 g/mol. The topological polar surface area (TPSA) is 24.9 Å². The molecule has 0 amide bonds.